The lowest BCUT2D eigenvalue weighted by Crippen LogP contribution is -2.57. The van der Waals surface area contributed by atoms with E-state index >= 15 is 0 Å². The number of hydrogen-bond donors (Lipinski definition) is 2. The van der Waals surface area contributed by atoms with Crippen LogP contribution in [0.4, 0.5) is 8.78 Å². The van der Waals surface area contributed by atoms with E-state index in [1.807, 2.05) is 0 Å². The second kappa shape index (κ2) is 3.70. The molecule has 2 N–H and O–H groups in total. The molecule has 0 bridgehead atoms. The average Bonchev–Trinajstić information content (AvgIpc) is 2.23. The fraction of sp³-hybridized carbons (Fsp3) is 0.500. The van der Waals surface area contributed by atoms with E-state index in [0.29, 0.717) is 18.5 Å². The molecular weight excluding hydrogens is 212 g/mol. The molecule has 0 saturated carbocycles. The smallest absolute Gasteiger partial charge is 0.269 e. The van der Waals surface area contributed by atoms with Gasteiger partial charge in [0.15, 0.2) is 0 Å². The van der Waals surface area contributed by atoms with Crippen LogP contribution in [0.3, 0.4) is 0 Å². The number of phenols is 1. The monoisotopic (exact) mass is 227 g/mol. The number of hydrogen-bond acceptors (Lipinski definition) is 2. The third kappa shape index (κ3) is 1.67. The lowest BCUT2D eigenvalue weighted by atomic mass is 9.80. The number of rotatable bonds is 1. The summed E-state index contributed by atoms with van der Waals surface area (Å²) in [6, 6.07) is 5.96. The first-order valence-corrected chi connectivity index (χ1v) is 5.38. The molecule has 0 radical (unpaired) electrons. The van der Waals surface area contributed by atoms with Crippen LogP contribution < -0.4 is 5.32 Å². The van der Waals surface area contributed by atoms with Crippen molar-refractivity contribution >= 4 is 0 Å². The molecule has 2 rings (SSSR count). The Labute approximate surface area is 93.3 Å². The molecule has 1 fully saturated rings. The van der Waals surface area contributed by atoms with Crippen LogP contribution in [0, 0.1) is 0 Å². The van der Waals surface area contributed by atoms with E-state index in [9.17, 15) is 8.78 Å². The number of piperidine rings is 1. The molecule has 0 amide bonds. The molecule has 0 aromatic heterocycles. The van der Waals surface area contributed by atoms with Gasteiger partial charge in [-0.2, -0.15) is 0 Å². The second-order valence-corrected chi connectivity index (χ2v) is 4.41. The predicted octanol–water partition coefficient (Wildman–Crippen LogP) is 2.63. The molecular formula is C12H15F2NO. The van der Waals surface area contributed by atoms with Gasteiger partial charge in [-0.25, -0.2) is 8.78 Å². The van der Waals surface area contributed by atoms with Gasteiger partial charge in [-0.15, -0.1) is 0 Å². The summed E-state index contributed by atoms with van der Waals surface area (Å²) < 4.78 is 27.8. The van der Waals surface area contributed by atoms with E-state index in [1.54, 1.807) is 12.1 Å². The molecule has 0 spiro atoms. The third-order valence-corrected chi connectivity index (χ3v) is 3.32. The summed E-state index contributed by atoms with van der Waals surface area (Å²) >= 11 is 0. The fourth-order valence-electron chi connectivity index (χ4n) is 2.14. The molecule has 88 valence electrons. The zero-order valence-corrected chi connectivity index (χ0v) is 9.13. The molecule has 1 unspecified atom stereocenters. The van der Waals surface area contributed by atoms with Crippen LogP contribution in [0.2, 0.25) is 0 Å². The number of halogens is 2. The van der Waals surface area contributed by atoms with Crippen LogP contribution in [0.1, 0.15) is 25.3 Å². The van der Waals surface area contributed by atoms with E-state index in [1.165, 1.54) is 19.1 Å². The predicted molar refractivity (Wildman–Crippen MR) is 57.6 cm³/mol. The van der Waals surface area contributed by atoms with Gasteiger partial charge in [0.1, 0.15) is 11.3 Å². The van der Waals surface area contributed by atoms with Gasteiger partial charge in [-0.3, -0.25) is 0 Å². The molecule has 0 aliphatic carbocycles. The van der Waals surface area contributed by atoms with Crippen molar-refractivity contribution < 1.29 is 13.9 Å². The van der Waals surface area contributed by atoms with Gasteiger partial charge >= 0.3 is 0 Å². The molecule has 1 atom stereocenters. The largest absolute Gasteiger partial charge is 0.508 e. The summed E-state index contributed by atoms with van der Waals surface area (Å²) in [5, 5.41) is 12.1. The average molecular weight is 227 g/mol. The number of benzene rings is 1. The molecule has 1 aromatic carbocycles. The first-order chi connectivity index (χ1) is 7.46. The fourth-order valence-corrected chi connectivity index (χ4v) is 2.14. The van der Waals surface area contributed by atoms with E-state index in [4.69, 9.17) is 5.11 Å². The van der Waals surface area contributed by atoms with Crippen molar-refractivity contribution in [3.05, 3.63) is 29.8 Å². The van der Waals surface area contributed by atoms with E-state index < -0.39 is 11.5 Å². The van der Waals surface area contributed by atoms with Crippen molar-refractivity contribution in [2.45, 2.75) is 31.2 Å². The Morgan fingerprint density at radius 2 is 1.88 bits per heavy atom. The van der Waals surface area contributed by atoms with Crippen LogP contribution in [0.25, 0.3) is 0 Å². The lowest BCUT2D eigenvalue weighted by Gasteiger charge is -2.42. The van der Waals surface area contributed by atoms with Gasteiger partial charge < -0.3 is 10.4 Å². The van der Waals surface area contributed by atoms with Gasteiger partial charge in [0.2, 0.25) is 0 Å². The summed E-state index contributed by atoms with van der Waals surface area (Å²) in [5.41, 5.74) is -0.825. The molecule has 2 nitrogen and oxygen atoms in total. The Hall–Kier alpha value is -1.16. The van der Waals surface area contributed by atoms with Crippen molar-refractivity contribution in [1.29, 1.82) is 0 Å². The highest BCUT2D eigenvalue weighted by atomic mass is 19.3. The van der Waals surface area contributed by atoms with Gasteiger partial charge in [0.05, 0.1) is 0 Å². The van der Waals surface area contributed by atoms with Crippen molar-refractivity contribution in [2.75, 3.05) is 6.54 Å². The standard InChI is InChI=1S/C12H15F2NO/c1-11(9-3-5-10(16)6-4-9)12(13,14)7-2-8-15-11/h3-6,15-16H,2,7-8H2,1H3. The molecule has 4 heteroatoms. The SMILES string of the molecule is CC1(c2ccc(O)cc2)NCCCC1(F)F. The second-order valence-electron chi connectivity index (χ2n) is 4.41. The van der Waals surface area contributed by atoms with Crippen molar-refractivity contribution in [3.8, 4) is 5.75 Å². The van der Waals surface area contributed by atoms with Crippen molar-refractivity contribution in [1.82, 2.24) is 5.32 Å². The van der Waals surface area contributed by atoms with Crippen LogP contribution in [-0.2, 0) is 5.54 Å². The Bertz CT molecular complexity index is 377. The van der Waals surface area contributed by atoms with Crippen LogP contribution in [-0.4, -0.2) is 17.6 Å². The molecule has 1 saturated heterocycles. The first-order valence-electron chi connectivity index (χ1n) is 5.38. The molecule has 1 heterocycles. The van der Waals surface area contributed by atoms with Gasteiger partial charge in [-0.05, 0) is 37.6 Å². The maximum atomic E-state index is 13.9. The van der Waals surface area contributed by atoms with Crippen LogP contribution in [0.5, 0.6) is 5.75 Å². The maximum absolute atomic E-state index is 13.9. The van der Waals surface area contributed by atoms with Gasteiger partial charge in [0, 0.05) is 6.42 Å². The first kappa shape index (κ1) is 11.3. The van der Waals surface area contributed by atoms with Crippen LogP contribution in [0.15, 0.2) is 24.3 Å². The minimum Gasteiger partial charge on any atom is -0.508 e. The molecule has 1 aromatic rings. The summed E-state index contributed by atoms with van der Waals surface area (Å²) in [6.07, 6.45) is 0.387. The number of nitrogens with one attached hydrogen (secondary N) is 1. The molecule has 1 aliphatic heterocycles. The zero-order chi connectivity index (χ0) is 11.8. The van der Waals surface area contributed by atoms with Crippen LogP contribution >= 0.6 is 0 Å². The van der Waals surface area contributed by atoms with E-state index in [0.717, 1.165) is 0 Å². The topological polar surface area (TPSA) is 32.3 Å². The maximum Gasteiger partial charge on any atom is 0.269 e. The molecule has 16 heavy (non-hydrogen) atoms. The van der Waals surface area contributed by atoms with E-state index in [2.05, 4.69) is 5.32 Å². The number of alkyl halides is 2. The Morgan fingerprint density at radius 1 is 1.25 bits per heavy atom. The number of aromatic hydroxyl groups is 1. The third-order valence-electron chi connectivity index (χ3n) is 3.32. The van der Waals surface area contributed by atoms with E-state index in [-0.39, 0.29) is 12.2 Å². The summed E-state index contributed by atoms with van der Waals surface area (Å²) in [6.45, 7) is 2.10. The summed E-state index contributed by atoms with van der Waals surface area (Å²) in [5.74, 6) is -2.67. The lowest BCUT2D eigenvalue weighted by molar-refractivity contribution is -0.110. The Kier molecular flexibility index (Phi) is 2.62. The highest BCUT2D eigenvalue weighted by Gasteiger charge is 2.52. The van der Waals surface area contributed by atoms with Crippen molar-refractivity contribution in [2.24, 2.45) is 0 Å². The minimum atomic E-state index is -2.76. The highest BCUT2D eigenvalue weighted by molar-refractivity contribution is 5.33. The van der Waals surface area contributed by atoms with Gasteiger partial charge in [0.25, 0.3) is 5.92 Å². The number of phenolic OH excluding ortho intramolecular Hbond substituents is 1. The van der Waals surface area contributed by atoms with Gasteiger partial charge in [-0.1, -0.05) is 12.1 Å². The summed E-state index contributed by atoms with van der Waals surface area (Å²) in [7, 11) is 0. The minimum absolute atomic E-state index is 0.0893. The Morgan fingerprint density at radius 3 is 2.44 bits per heavy atom. The summed E-state index contributed by atoms with van der Waals surface area (Å²) in [4.78, 5) is 0. The zero-order valence-electron chi connectivity index (χ0n) is 9.13. The highest BCUT2D eigenvalue weighted by Crippen LogP contribution is 2.43. The normalized spacial score (nSPS) is 28.9. The Balaban J connectivity index is 2.39. The quantitative estimate of drug-likeness (QED) is 0.773. The molecule has 1 aliphatic rings. The van der Waals surface area contributed by atoms with Crippen molar-refractivity contribution in [3.63, 3.8) is 0 Å².